The lowest BCUT2D eigenvalue weighted by atomic mass is 10.1. The Morgan fingerprint density at radius 2 is 1.79 bits per heavy atom. The molecule has 3 aromatic rings. The number of carbonyl (C=O) groups is 1. The van der Waals surface area contributed by atoms with Crippen LogP contribution < -0.4 is 4.90 Å². The van der Waals surface area contributed by atoms with E-state index in [9.17, 15) is 4.79 Å². The molecule has 0 saturated carbocycles. The van der Waals surface area contributed by atoms with Gasteiger partial charge < -0.3 is 4.90 Å². The monoisotopic (exact) mass is 413 g/mol. The van der Waals surface area contributed by atoms with Gasteiger partial charge in [0.25, 0.3) is 5.91 Å². The number of hydrogen-bond donors (Lipinski definition) is 0. The maximum absolute atomic E-state index is 13.3. The van der Waals surface area contributed by atoms with Crippen LogP contribution in [0.25, 0.3) is 10.2 Å². The van der Waals surface area contributed by atoms with Gasteiger partial charge in [-0.05, 0) is 50.5 Å². The fourth-order valence-corrected chi connectivity index (χ4v) is 4.75. The number of carbonyl (C=O) groups excluding carboxylic acids is 1. The van der Waals surface area contributed by atoms with Crippen LogP contribution in [0.3, 0.4) is 0 Å². The third kappa shape index (κ3) is 4.57. The fraction of sp³-hybridized carbons (Fsp3) is 0.364. The average molecular weight is 414 g/mol. The third-order valence-corrected chi connectivity index (χ3v) is 6.71. The van der Waals surface area contributed by atoms with Crippen LogP contribution in [0.1, 0.15) is 29.8 Å². The molecule has 148 valence electrons. The summed E-state index contributed by atoms with van der Waals surface area (Å²) in [6.45, 7) is 9.73. The molecule has 1 heterocycles. The SMILES string of the molecule is CCN(CC)CCN(C(=O)c1ccc(C)cc1)c1nc2c(SC)cccc2s1. The first kappa shape index (κ1) is 20.8. The van der Waals surface area contributed by atoms with Crippen molar-refractivity contribution in [2.45, 2.75) is 25.7 Å². The number of aromatic nitrogens is 1. The van der Waals surface area contributed by atoms with E-state index < -0.39 is 0 Å². The van der Waals surface area contributed by atoms with Gasteiger partial charge in [-0.25, -0.2) is 4.98 Å². The molecule has 28 heavy (non-hydrogen) atoms. The minimum absolute atomic E-state index is 0.0110. The van der Waals surface area contributed by atoms with E-state index in [0.29, 0.717) is 12.1 Å². The highest BCUT2D eigenvalue weighted by Gasteiger charge is 2.22. The molecule has 1 aromatic heterocycles. The number of thioether (sulfide) groups is 1. The number of amides is 1. The molecule has 0 spiro atoms. The molecule has 0 aliphatic carbocycles. The molecule has 0 atom stereocenters. The molecule has 0 saturated heterocycles. The number of para-hydroxylation sites is 1. The van der Waals surface area contributed by atoms with Gasteiger partial charge in [0, 0.05) is 23.5 Å². The second-order valence-electron chi connectivity index (χ2n) is 6.65. The number of nitrogens with zero attached hydrogens (tertiary/aromatic N) is 3. The third-order valence-electron chi connectivity index (χ3n) is 4.90. The van der Waals surface area contributed by atoms with Gasteiger partial charge >= 0.3 is 0 Å². The van der Waals surface area contributed by atoms with Gasteiger partial charge in [0.2, 0.25) is 0 Å². The molecular formula is C22H27N3OS2. The number of likely N-dealkylation sites (N-methyl/N-ethyl adjacent to an activating group) is 1. The van der Waals surface area contributed by atoms with Crippen LogP contribution >= 0.6 is 23.1 Å². The fourth-order valence-electron chi connectivity index (χ4n) is 3.11. The van der Waals surface area contributed by atoms with Crippen molar-refractivity contribution in [1.29, 1.82) is 0 Å². The molecule has 0 aliphatic rings. The minimum atomic E-state index is 0.0110. The van der Waals surface area contributed by atoms with Crippen molar-refractivity contribution in [1.82, 2.24) is 9.88 Å². The summed E-state index contributed by atoms with van der Waals surface area (Å²) in [5.74, 6) is 0.0110. The Bertz CT molecular complexity index is 933. The molecule has 0 unspecified atom stereocenters. The zero-order valence-electron chi connectivity index (χ0n) is 16.9. The highest BCUT2D eigenvalue weighted by molar-refractivity contribution is 7.98. The molecule has 2 aromatic carbocycles. The first-order valence-electron chi connectivity index (χ1n) is 9.61. The van der Waals surface area contributed by atoms with E-state index in [4.69, 9.17) is 4.98 Å². The van der Waals surface area contributed by atoms with Gasteiger partial charge in [-0.2, -0.15) is 0 Å². The van der Waals surface area contributed by atoms with E-state index in [1.54, 1.807) is 23.1 Å². The lowest BCUT2D eigenvalue weighted by Gasteiger charge is -2.24. The smallest absolute Gasteiger partial charge is 0.260 e. The number of hydrogen-bond acceptors (Lipinski definition) is 5. The number of benzene rings is 2. The Morgan fingerprint density at radius 3 is 2.43 bits per heavy atom. The minimum Gasteiger partial charge on any atom is -0.302 e. The second kappa shape index (κ2) is 9.54. The number of aryl methyl sites for hydroxylation is 1. The lowest BCUT2D eigenvalue weighted by Crippen LogP contribution is -2.38. The Labute approximate surface area is 175 Å². The number of anilines is 1. The first-order valence-corrected chi connectivity index (χ1v) is 11.7. The van der Waals surface area contributed by atoms with Crippen molar-refractivity contribution in [3.8, 4) is 0 Å². The molecule has 0 N–H and O–H groups in total. The molecule has 1 amide bonds. The molecule has 3 rings (SSSR count). The van der Waals surface area contributed by atoms with E-state index in [1.165, 1.54) is 0 Å². The normalized spacial score (nSPS) is 11.3. The van der Waals surface area contributed by atoms with E-state index in [0.717, 1.165) is 45.4 Å². The summed E-state index contributed by atoms with van der Waals surface area (Å²) >= 11 is 3.28. The van der Waals surface area contributed by atoms with Crippen LogP contribution in [-0.4, -0.2) is 48.2 Å². The largest absolute Gasteiger partial charge is 0.302 e. The van der Waals surface area contributed by atoms with Crippen LogP contribution in [0.2, 0.25) is 0 Å². The summed E-state index contributed by atoms with van der Waals surface area (Å²) in [5, 5.41) is 0.772. The number of thiazole rings is 1. The van der Waals surface area contributed by atoms with Crippen LogP contribution in [0.15, 0.2) is 47.4 Å². The van der Waals surface area contributed by atoms with Gasteiger partial charge in [0.15, 0.2) is 5.13 Å². The Kier molecular flexibility index (Phi) is 7.10. The molecule has 6 heteroatoms. The van der Waals surface area contributed by atoms with E-state index in [1.807, 2.05) is 36.1 Å². The summed E-state index contributed by atoms with van der Waals surface area (Å²) < 4.78 is 1.12. The summed E-state index contributed by atoms with van der Waals surface area (Å²) in [7, 11) is 0. The summed E-state index contributed by atoms with van der Waals surface area (Å²) in [6, 6.07) is 14.0. The first-order chi connectivity index (χ1) is 13.6. The zero-order chi connectivity index (χ0) is 20.1. The van der Waals surface area contributed by atoms with Gasteiger partial charge in [-0.15, -0.1) is 11.8 Å². The average Bonchev–Trinajstić information content (AvgIpc) is 3.15. The van der Waals surface area contributed by atoms with Crippen LogP contribution in [-0.2, 0) is 0 Å². The Morgan fingerprint density at radius 1 is 1.07 bits per heavy atom. The van der Waals surface area contributed by atoms with Crippen molar-refractivity contribution in [2.24, 2.45) is 0 Å². The van der Waals surface area contributed by atoms with Crippen molar-refractivity contribution in [3.05, 3.63) is 53.6 Å². The van der Waals surface area contributed by atoms with E-state index in [2.05, 4.69) is 43.2 Å². The summed E-state index contributed by atoms with van der Waals surface area (Å²) in [5.41, 5.74) is 2.84. The van der Waals surface area contributed by atoms with Crippen molar-refractivity contribution in [3.63, 3.8) is 0 Å². The predicted octanol–water partition coefficient (Wildman–Crippen LogP) is 5.32. The van der Waals surface area contributed by atoms with Crippen LogP contribution in [0.4, 0.5) is 5.13 Å². The van der Waals surface area contributed by atoms with Gasteiger partial charge in [-0.1, -0.05) is 48.9 Å². The molecular weight excluding hydrogens is 386 g/mol. The highest BCUT2D eigenvalue weighted by Crippen LogP contribution is 2.34. The molecule has 0 radical (unpaired) electrons. The van der Waals surface area contributed by atoms with Crippen LogP contribution in [0.5, 0.6) is 0 Å². The summed E-state index contributed by atoms with van der Waals surface area (Å²) in [4.78, 5) is 23.5. The van der Waals surface area contributed by atoms with E-state index in [-0.39, 0.29) is 5.91 Å². The molecule has 0 fully saturated rings. The molecule has 0 aliphatic heterocycles. The quantitative estimate of drug-likeness (QED) is 0.469. The standard InChI is InChI=1S/C22H27N3OS2/c1-5-24(6-2)14-15-25(21(26)17-12-10-16(3)11-13-17)22-23-20-18(27-4)8-7-9-19(20)28-22/h7-13H,5-6,14-15H2,1-4H3. The van der Waals surface area contributed by atoms with Gasteiger partial charge in [0.05, 0.1) is 10.2 Å². The maximum atomic E-state index is 13.3. The number of rotatable bonds is 8. The van der Waals surface area contributed by atoms with E-state index >= 15 is 0 Å². The van der Waals surface area contributed by atoms with Crippen molar-refractivity contribution in [2.75, 3.05) is 37.3 Å². The highest BCUT2D eigenvalue weighted by atomic mass is 32.2. The molecule has 0 bridgehead atoms. The maximum Gasteiger partial charge on any atom is 0.260 e. The van der Waals surface area contributed by atoms with Crippen LogP contribution in [0, 0.1) is 6.92 Å². The zero-order valence-corrected chi connectivity index (χ0v) is 18.6. The molecule has 4 nitrogen and oxygen atoms in total. The Hall–Kier alpha value is -1.89. The number of fused-ring (bicyclic) bond motifs is 1. The topological polar surface area (TPSA) is 36.4 Å². The predicted molar refractivity (Wildman–Crippen MR) is 122 cm³/mol. The lowest BCUT2D eigenvalue weighted by molar-refractivity contribution is 0.0984. The second-order valence-corrected chi connectivity index (χ2v) is 8.51. The Balaban J connectivity index is 1.97. The van der Waals surface area contributed by atoms with Gasteiger partial charge in [0.1, 0.15) is 0 Å². The van der Waals surface area contributed by atoms with Crippen molar-refractivity contribution >= 4 is 44.4 Å². The van der Waals surface area contributed by atoms with Gasteiger partial charge in [-0.3, -0.25) is 9.69 Å². The summed E-state index contributed by atoms with van der Waals surface area (Å²) in [6.07, 6.45) is 2.06. The van der Waals surface area contributed by atoms with Crippen molar-refractivity contribution < 1.29 is 4.79 Å².